The van der Waals surface area contributed by atoms with Gasteiger partial charge in [0.25, 0.3) is 0 Å². The molecular formula is C31H39F3N6. The van der Waals surface area contributed by atoms with Crippen LogP contribution >= 0.6 is 0 Å². The molecule has 0 unspecified atom stereocenters. The van der Waals surface area contributed by atoms with Gasteiger partial charge in [-0.15, -0.1) is 0 Å². The van der Waals surface area contributed by atoms with Crippen molar-refractivity contribution in [3.05, 3.63) is 82.7 Å². The summed E-state index contributed by atoms with van der Waals surface area (Å²) in [5.74, 6) is 1.06. The van der Waals surface area contributed by atoms with Crippen LogP contribution in [0.5, 0.6) is 0 Å². The van der Waals surface area contributed by atoms with Crippen molar-refractivity contribution in [3.8, 4) is 11.6 Å². The molecular weight excluding hydrogens is 513 g/mol. The van der Waals surface area contributed by atoms with Crippen LogP contribution in [0.1, 0.15) is 89.3 Å². The Bertz CT molecular complexity index is 1500. The molecule has 4 aromatic heterocycles. The van der Waals surface area contributed by atoms with Crippen molar-refractivity contribution < 1.29 is 13.2 Å². The normalized spacial score (nSPS) is 13.2. The Morgan fingerprint density at radius 1 is 0.625 bits per heavy atom. The largest absolute Gasteiger partial charge is 0.435 e. The molecule has 0 saturated carbocycles. The van der Waals surface area contributed by atoms with Crippen molar-refractivity contribution in [2.24, 2.45) is 10.8 Å². The molecule has 0 fully saturated rings. The van der Waals surface area contributed by atoms with Crippen LogP contribution in [0, 0.1) is 17.8 Å². The van der Waals surface area contributed by atoms with Crippen LogP contribution in [-0.2, 0) is 24.4 Å². The third-order valence-electron chi connectivity index (χ3n) is 6.56. The molecule has 9 heteroatoms. The second kappa shape index (κ2) is 10.2. The second-order valence-electron chi connectivity index (χ2n) is 13.6. The van der Waals surface area contributed by atoms with E-state index in [1.807, 2.05) is 45.2 Å². The lowest BCUT2D eigenvalue weighted by molar-refractivity contribution is -0.141. The molecule has 4 rings (SSSR count). The summed E-state index contributed by atoms with van der Waals surface area (Å²) in [7, 11) is 0. The van der Waals surface area contributed by atoms with Crippen LogP contribution in [0.3, 0.4) is 0 Å². The molecule has 214 valence electrons. The Labute approximate surface area is 234 Å². The fourth-order valence-corrected chi connectivity index (χ4v) is 4.72. The van der Waals surface area contributed by atoms with Crippen molar-refractivity contribution >= 4 is 0 Å². The van der Waals surface area contributed by atoms with Gasteiger partial charge in [0.1, 0.15) is 0 Å². The van der Waals surface area contributed by atoms with Gasteiger partial charge in [-0.3, -0.25) is 0 Å². The lowest BCUT2D eigenvalue weighted by Gasteiger charge is -2.28. The number of alkyl halides is 3. The molecule has 0 aliphatic carbocycles. The summed E-state index contributed by atoms with van der Waals surface area (Å²) in [5, 5.41) is 8.38. The quantitative estimate of drug-likeness (QED) is 0.246. The smallest absolute Gasteiger partial charge is 0.233 e. The highest BCUT2D eigenvalue weighted by Crippen LogP contribution is 2.35. The zero-order valence-corrected chi connectivity index (χ0v) is 24.9. The highest BCUT2D eigenvalue weighted by molar-refractivity contribution is 5.41. The molecule has 0 saturated heterocycles. The molecule has 0 spiro atoms. The van der Waals surface area contributed by atoms with Crippen LogP contribution in [0.4, 0.5) is 13.2 Å². The lowest BCUT2D eigenvalue weighted by atomic mass is 9.80. The van der Waals surface area contributed by atoms with Crippen LogP contribution < -0.4 is 0 Å². The van der Waals surface area contributed by atoms with Gasteiger partial charge in [-0.2, -0.15) is 23.4 Å². The molecule has 4 aromatic rings. The van der Waals surface area contributed by atoms with Crippen molar-refractivity contribution in [2.75, 3.05) is 0 Å². The summed E-state index contributed by atoms with van der Waals surface area (Å²) in [6, 6.07) is 10.9. The van der Waals surface area contributed by atoms with E-state index in [-0.39, 0.29) is 10.8 Å². The number of halogens is 3. The number of pyridine rings is 2. The first-order chi connectivity index (χ1) is 18.3. The van der Waals surface area contributed by atoms with Crippen molar-refractivity contribution in [3.63, 3.8) is 0 Å². The maximum absolute atomic E-state index is 13.3. The minimum Gasteiger partial charge on any atom is -0.233 e. The summed E-state index contributed by atoms with van der Waals surface area (Å²) < 4.78 is 43.0. The highest BCUT2D eigenvalue weighted by Gasteiger charge is 2.34. The first kappa shape index (κ1) is 29.5. The van der Waals surface area contributed by atoms with Gasteiger partial charge in [0.05, 0.1) is 17.1 Å². The number of nitrogens with zero attached hydrogens (tertiary/aromatic N) is 6. The summed E-state index contributed by atoms with van der Waals surface area (Å²) in [5.41, 5.74) is 2.88. The molecule has 6 nitrogen and oxygen atoms in total. The number of aryl methyl sites for hydroxylation is 1. The first-order valence-corrected chi connectivity index (χ1v) is 13.5. The molecule has 4 heterocycles. The minimum absolute atomic E-state index is 0.0444. The van der Waals surface area contributed by atoms with E-state index in [1.165, 1.54) is 10.9 Å². The van der Waals surface area contributed by atoms with Gasteiger partial charge in [0, 0.05) is 17.8 Å². The fraction of sp³-hybridized carbons (Fsp3) is 0.484. The molecule has 0 aliphatic heterocycles. The molecule has 0 radical (unpaired) electrons. The van der Waals surface area contributed by atoms with Gasteiger partial charge >= 0.3 is 6.18 Å². The number of hydrogen-bond donors (Lipinski definition) is 0. The summed E-state index contributed by atoms with van der Waals surface area (Å²) in [4.78, 5) is 9.89. The number of rotatable bonds is 6. The summed E-state index contributed by atoms with van der Waals surface area (Å²) in [6.07, 6.45) is 0.222. The average Bonchev–Trinajstić information content (AvgIpc) is 3.46. The van der Waals surface area contributed by atoms with E-state index in [4.69, 9.17) is 9.97 Å². The monoisotopic (exact) mass is 552 g/mol. The summed E-state index contributed by atoms with van der Waals surface area (Å²) >= 11 is 0. The molecule has 40 heavy (non-hydrogen) atoms. The van der Waals surface area contributed by atoms with E-state index in [2.05, 4.69) is 63.9 Å². The molecule has 0 atom stereocenters. The topological polar surface area (TPSA) is 61.4 Å². The van der Waals surface area contributed by atoms with Gasteiger partial charge < -0.3 is 0 Å². The van der Waals surface area contributed by atoms with E-state index < -0.39 is 17.3 Å². The van der Waals surface area contributed by atoms with Gasteiger partial charge in [0.15, 0.2) is 17.3 Å². The molecule has 0 N–H and O–H groups in total. The van der Waals surface area contributed by atoms with Crippen LogP contribution in [0.15, 0.2) is 48.8 Å². The predicted octanol–water partition coefficient (Wildman–Crippen LogP) is 7.68. The van der Waals surface area contributed by atoms with Gasteiger partial charge in [-0.05, 0) is 92.0 Å². The van der Waals surface area contributed by atoms with Crippen LogP contribution in [0.2, 0.25) is 0 Å². The molecule has 0 aliphatic rings. The van der Waals surface area contributed by atoms with E-state index >= 15 is 0 Å². The fourth-order valence-electron chi connectivity index (χ4n) is 4.72. The molecule has 0 amide bonds. The molecule has 0 bridgehead atoms. The van der Waals surface area contributed by atoms with Crippen molar-refractivity contribution in [1.82, 2.24) is 29.5 Å². The predicted molar refractivity (Wildman–Crippen MR) is 151 cm³/mol. The Kier molecular flexibility index (Phi) is 7.49. The SMILES string of the molecule is Cc1ccn(-c2cc(CC(C)(C)C)cc(C(C)(C)c3cc(CC(C)(C)C)cc(-n4ccc(C(F)(F)F)n4)n3)n2)n1. The van der Waals surface area contributed by atoms with Gasteiger partial charge in [-0.1, -0.05) is 41.5 Å². The summed E-state index contributed by atoms with van der Waals surface area (Å²) in [6.45, 7) is 19.0. The second-order valence-corrected chi connectivity index (χ2v) is 13.6. The third-order valence-corrected chi connectivity index (χ3v) is 6.56. The van der Waals surface area contributed by atoms with E-state index in [9.17, 15) is 13.2 Å². The Balaban J connectivity index is 1.88. The zero-order chi connectivity index (χ0) is 29.7. The van der Waals surface area contributed by atoms with E-state index in [0.717, 1.165) is 35.0 Å². The number of hydrogen-bond acceptors (Lipinski definition) is 4. The Morgan fingerprint density at radius 3 is 1.45 bits per heavy atom. The lowest BCUT2D eigenvalue weighted by Crippen LogP contribution is -2.25. The maximum Gasteiger partial charge on any atom is 0.435 e. The molecule has 0 aromatic carbocycles. The van der Waals surface area contributed by atoms with Crippen LogP contribution in [0.25, 0.3) is 11.6 Å². The van der Waals surface area contributed by atoms with E-state index in [0.29, 0.717) is 23.8 Å². The minimum atomic E-state index is -4.53. The maximum atomic E-state index is 13.3. The van der Waals surface area contributed by atoms with Crippen LogP contribution in [-0.4, -0.2) is 29.5 Å². The van der Waals surface area contributed by atoms with Crippen molar-refractivity contribution in [1.29, 1.82) is 0 Å². The average molecular weight is 553 g/mol. The van der Waals surface area contributed by atoms with Gasteiger partial charge in [-0.25, -0.2) is 19.3 Å². The van der Waals surface area contributed by atoms with Crippen molar-refractivity contribution in [2.45, 2.75) is 86.7 Å². The highest BCUT2D eigenvalue weighted by atomic mass is 19.4. The first-order valence-electron chi connectivity index (χ1n) is 13.5. The zero-order valence-electron chi connectivity index (χ0n) is 24.9. The Morgan fingerprint density at radius 2 is 1.07 bits per heavy atom. The van der Waals surface area contributed by atoms with E-state index in [1.54, 1.807) is 4.68 Å². The standard InChI is InChI=1S/C31H39F3N6/c1-20-10-12-39(37-20)26-16-21(18-28(2,3)4)14-24(35-26)30(8,9)25-15-22(19-29(5,6)7)17-27(36-25)40-13-11-23(38-40)31(32,33)34/h10-17H,18-19H2,1-9H3. The third kappa shape index (κ3) is 6.98. The number of aromatic nitrogens is 6. The van der Waals surface area contributed by atoms with Gasteiger partial charge in [0.2, 0.25) is 0 Å². The Hall–Kier alpha value is -3.49.